The van der Waals surface area contributed by atoms with Crippen LogP contribution in [0.2, 0.25) is 0 Å². The fourth-order valence-corrected chi connectivity index (χ4v) is 2.80. The standard InChI is InChI=1S/C12H17N3OS2/c1-8(2)12(4,7-13)15-10(16)6-18-11-14-9(3)5-17-11/h5,8H,6H2,1-4H3,(H,15,16)/t12-/m0/s1. The largest absolute Gasteiger partial charge is 0.337 e. The number of rotatable bonds is 5. The molecule has 1 heterocycles. The minimum Gasteiger partial charge on any atom is -0.337 e. The lowest BCUT2D eigenvalue weighted by molar-refractivity contribution is -0.120. The van der Waals surface area contributed by atoms with E-state index in [-0.39, 0.29) is 17.6 Å². The number of nitrogens with zero attached hydrogens (tertiary/aromatic N) is 2. The van der Waals surface area contributed by atoms with Crippen LogP contribution in [-0.2, 0) is 4.79 Å². The summed E-state index contributed by atoms with van der Waals surface area (Å²) in [7, 11) is 0. The van der Waals surface area contributed by atoms with Gasteiger partial charge in [0.25, 0.3) is 0 Å². The number of carbonyl (C=O) groups is 1. The lowest BCUT2D eigenvalue weighted by Crippen LogP contribution is -2.49. The first kappa shape index (κ1) is 15.0. The molecule has 0 aliphatic rings. The Kier molecular flexibility index (Phi) is 5.17. The van der Waals surface area contributed by atoms with Crippen molar-refractivity contribution in [3.63, 3.8) is 0 Å². The van der Waals surface area contributed by atoms with Gasteiger partial charge in [-0.1, -0.05) is 25.6 Å². The molecule has 1 aromatic rings. The van der Waals surface area contributed by atoms with Gasteiger partial charge in [-0.3, -0.25) is 4.79 Å². The van der Waals surface area contributed by atoms with Crippen molar-refractivity contribution >= 4 is 29.0 Å². The van der Waals surface area contributed by atoms with Crippen LogP contribution in [0, 0.1) is 24.2 Å². The predicted molar refractivity (Wildman–Crippen MR) is 74.6 cm³/mol. The Balaban J connectivity index is 2.50. The van der Waals surface area contributed by atoms with E-state index >= 15 is 0 Å². The van der Waals surface area contributed by atoms with Crippen molar-refractivity contribution in [2.45, 2.75) is 37.6 Å². The number of amides is 1. The maximum atomic E-state index is 11.8. The summed E-state index contributed by atoms with van der Waals surface area (Å²) in [5, 5.41) is 13.8. The summed E-state index contributed by atoms with van der Waals surface area (Å²) < 4.78 is 0.880. The molecule has 0 fully saturated rings. The fourth-order valence-electron chi connectivity index (χ4n) is 1.15. The maximum Gasteiger partial charge on any atom is 0.231 e. The second-order valence-corrected chi connectivity index (χ2v) is 6.64. The van der Waals surface area contributed by atoms with E-state index < -0.39 is 5.54 Å². The highest BCUT2D eigenvalue weighted by Crippen LogP contribution is 2.22. The number of hydrogen-bond acceptors (Lipinski definition) is 5. The summed E-state index contributed by atoms with van der Waals surface area (Å²) in [5.41, 5.74) is 0.156. The zero-order valence-electron chi connectivity index (χ0n) is 11.0. The van der Waals surface area contributed by atoms with Crippen LogP contribution in [0.5, 0.6) is 0 Å². The van der Waals surface area contributed by atoms with Crippen LogP contribution in [0.15, 0.2) is 9.72 Å². The first-order valence-electron chi connectivity index (χ1n) is 5.64. The molecule has 98 valence electrons. The molecular weight excluding hydrogens is 266 g/mol. The fraction of sp³-hybridized carbons (Fsp3) is 0.583. The zero-order valence-corrected chi connectivity index (χ0v) is 12.6. The Morgan fingerprint density at radius 2 is 2.39 bits per heavy atom. The second kappa shape index (κ2) is 6.21. The Labute approximate surface area is 116 Å². The van der Waals surface area contributed by atoms with Gasteiger partial charge >= 0.3 is 0 Å². The van der Waals surface area contributed by atoms with E-state index in [0.29, 0.717) is 0 Å². The normalized spacial score (nSPS) is 14.0. The van der Waals surface area contributed by atoms with Gasteiger partial charge < -0.3 is 5.32 Å². The number of nitrogens with one attached hydrogen (secondary N) is 1. The van der Waals surface area contributed by atoms with Crippen molar-refractivity contribution in [1.82, 2.24) is 10.3 Å². The van der Waals surface area contributed by atoms with E-state index in [1.54, 1.807) is 6.92 Å². The van der Waals surface area contributed by atoms with Crippen LogP contribution >= 0.6 is 23.1 Å². The number of nitriles is 1. The highest BCUT2D eigenvalue weighted by Gasteiger charge is 2.29. The van der Waals surface area contributed by atoms with E-state index in [1.165, 1.54) is 23.1 Å². The molecule has 1 N–H and O–H groups in total. The monoisotopic (exact) mass is 283 g/mol. The highest BCUT2D eigenvalue weighted by atomic mass is 32.2. The average Bonchev–Trinajstić information content (AvgIpc) is 2.72. The van der Waals surface area contributed by atoms with Crippen molar-refractivity contribution in [2.75, 3.05) is 5.75 Å². The average molecular weight is 283 g/mol. The summed E-state index contributed by atoms with van der Waals surface area (Å²) in [6, 6.07) is 2.16. The molecule has 1 atom stereocenters. The molecule has 0 spiro atoms. The summed E-state index contributed by atoms with van der Waals surface area (Å²) in [6.07, 6.45) is 0. The molecule has 0 radical (unpaired) electrons. The second-order valence-electron chi connectivity index (χ2n) is 4.56. The Hall–Kier alpha value is -1.06. The number of hydrogen-bond donors (Lipinski definition) is 1. The molecule has 0 saturated heterocycles. The first-order valence-corrected chi connectivity index (χ1v) is 7.51. The van der Waals surface area contributed by atoms with Crippen LogP contribution in [0.4, 0.5) is 0 Å². The summed E-state index contributed by atoms with van der Waals surface area (Å²) in [4.78, 5) is 16.1. The lowest BCUT2D eigenvalue weighted by Gasteiger charge is -2.27. The predicted octanol–water partition coefficient (Wildman–Crippen LogP) is 2.60. The van der Waals surface area contributed by atoms with Gasteiger partial charge in [-0.2, -0.15) is 5.26 Å². The van der Waals surface area contributed by atoms with Crippen LogP contribution in [0.1, 0.15) is 26.5 Å². The minimum atomic E-state index is -0.809. The highest BCUT2D eigenvalue weighted by molar-refractivity contribution is 8.01. The van der Waals surface area contributed by atoms with Crippen molar-refractivity contribution in [1.29, 1.82) is 5.26 Å². The minimum absolute atomic E-state index is 0.0681. The van der Waals surface area contributed by atoms with Crippen molar-refractivity contribution in [2.24, 2.45) is 5.92 Å². The molecule has 0 aliphatic carbocycles. The first-order chi connectivity index (χ1) is 8.37. The van der Waals surface area contributed by atoms with Gasteiger partial charge in [0, 0.05) is 11.1 Å². The molecule has 1 amide bonds. The number of aryl methyl sites for hydroxylation is 1. The molecule has 0 aliphatic heterocycles. The Morgan fingerprint density at radius 3 is 2.83 bits per heavy atom. The molecule has 18 heavy (non-hydrogen) atoms. The molecule has 4 nitrogen and oxygen atoms in total. The molecule has 0 bridgehead atoms. The third kappa shape index (κ3) is 4.00. The summed E-state index contributed by atoms with van der Waals surface area (Å²) in [6.45, 7) is 7.50. The van der Waals surface area contributed by atoms with Crippen LogP contribution in [0.3, 0.4) is 0 Å². The van der Waals surface area contributed by atoms with Gasteiger partial charge in [0.2, 0.25) is 5.91 Å². The SMILES string of the molecule is Cc1csc(SCC(=O)N[C@@](C)(C#N)C(C)C)n1. The Morgan fingerprint density at radius 1 is 1.72 bits per heavy atom. The molecule has 0 saturated carbocycles. The molecule has 0 aromatic carbocycles. The van der Waals surface area contributed by atoms with E-state index in [2.05, 4.69) is 16.4 Å². The third-order valence-electron chi connectivity index (χ3n) is 2.71. The van der Waals surface area contributed by atoms with Gasteiger partial charge in [0.15, 0.2) is 4.34 Å². The molecular formula is C12H17N3OS2. The van der Waals surface area contributed by atoms with Crippen LogP contribution in [-0.4, -0.2) is 22.2 Å². The van der Waals surface area contributed by atoms with Crippen molar-refractivity contribution in [3.05, 3.63) is 11.1 Å². The molecule has 1 aromatic heterocycles. The van der Waals surface area contributed by atoms with Gasteiger partial charge in [0.05, 0.1) is 11.8 Å². The van der Waals surface area contributed by atoms with E-state index in [9.17, 15) is 4.79 Å². The van der Waals surface area contributed by atoms with Crippen molar-refractivity contribution < 1.29 is 4.79 Å². The molecule has 1 rings (SSSR count). The quantitative estimate of drug-likeness (QED) is 0.844. The van der Waals surface area contributed by atoms with Crippen LogP contribution < -0.4 is 5.32 Å². The smallest absolute Gasteiger partial charge is 0.231 e. The Bertz CT molecular complexity index is 464. The van der Waals surface area contributed by atoms with Gasteiger partial charge in [-0.25, -0.2) is 4.98 Å². The number of thioether (sulfide) groups is 1. The van der Waals surface area contributed by atoms with Crippen LogP contribution in [0.25, 0.3) is 0 Å². The van der Waals surface area contributed by atoms with Gasteiger partial charge in [0.1, 0.15) is 5.54 Å². The van der Waals surface area contributed by atoms with Crippen molar-refractivity contribution in [3.8, 4) is 6.07 Å². The number of thiazole rings is 1. The van der Waals surface area contributed by atoms with E-state index in [4.69, 9.17) is 5.26 Å². The number of carbonyl (C=O) groups excluding carboxylic acids is 1. The third-order valence-corrected chi connectivity index (χ3v) is 4.85. The summed E-state index contributed by atoms with van der Waals surface area (Å²) in [5.74, 6) is 0.223. The summed E-state index contributed by atoms with van der Waals surface area (Å²) >= 11 is 2.93. The van der Waals surface area contributed by atoms with Gasteiger partial charge in [-0.05, 0) is 19.8 Å². The lowest BCUT2D eigenvalue weighted by atomic mass is 9.90. The van der Waals surface area contributed by atoms with E-state index in [1.807, 2.05) is 26.2 Å². The zero-order chi connectivity index (χ0) is 13.8. The molecule has 6 heteroatoms. The number of aromatic nitrogens is 1. The topological polar surface area (TPSA) is 65.8 Å². The van der Waals surface area contributed by atoms with Gasteiger partial charge in [-0.15, -0.1) is 11.3 Å². The van der Waals surface area contributed by atoms with E-state index in [0.717, 1.165) is 10.0 Å². The molecule has 0 unspecified atom stereocenters. The maximum absolute atomic E-state index is 11.8.